The molecule has 0 saturated heterocycles. The Morgan fingerprint density at radius 3 is 2.31 bits per heavy atom. The van der Waals surface area contributed by atoms with Crippen molar-refractivity contribution in [3.05, 3.63) is 50.4 Å². The first-order valence-electron chi connectivity index (χ1n) is 6.90. The summed E-state index contributed by atoms with van der Waals surface area (Å²) in [5.74, 6) is -0.116. The maximum absolute atomic E-state index is 12.5. The van der Waals surface area contributed by atoms with Gasteiger partial charge in [-0.15, -0.1) is 0 Å². The molecule has 0 heterocycles. The van der Waals surface area contributed by atoms with Crippen molar-refractivity contribution in [2.75, 3.05) is 7.11 Å². The Hall–Kier alpha value is -1.13. The fourth-order valence-corrected chi connectivity index (χ4v) is 5.00. The van der Waals surface area contributed by atoms with Crippen LogP contribution in [-0.4, -0.2) is 22.1 Å². The number of nitrogens with one attached hydrogen (secondary N) is 1. The Labute approximate surface area is 167 Å². The van der Waals surface area contributed by atoms with Crippen LogP contribution in [0.2, 0.25) is 10.0 Å². The number of rotatable bonds is 7. The molecule has 11 heteroatoms. The molecule has 1 N–H and O–H groups in total. The molecule has 2 aromatic carbocycles. The van der Waals surface area contributed by atoms with Crippen LogP contribution in [0.15, 0.2) is 39.7 Å². The van der Waals surface area contributed by atoms with Gasteiger partial charge in [-0.25, -0.2) is 13.1 Å². The molecule has 2 aromatic rings. The predicted octanol–water partition coefficient (Wildman–Crippen LogP) is 4.84. The van der Waals surface area contributed by atoms with Crippen molar-refractivity contribution in [3.63, 3.8) is 0 Å². The molecule has 0 aliphatic carbocycles. The first-order valence-corrected chi connectivity index (χ1v) is 9.93. The van der Waals surface area contributed by atoms with Crippen LogP contribution in [0.5, 0.6) is 11.5 Å². The number of benzene rings is 2. The zero-order valence-electron chi connectivity index (χ0n) is 13.1. The van der Waals surface area contributed by atoms with Gasteiger partial charge in [-0.3, -0.25) is 0 Å². The zero-order chi connectivity index (χ0) is 19.5. The summed E-state index contributed by atoms with van der Waals surface area (Å²) < 4.78 is 61.8. The van der Waals surface area contributed by atoms with Crippen LogP contribution in [0.1, 0.15) is 5.56 Å². The second kappa shape index (κ2) is 8.71. The summed E-state index contributed by atoms with van der Waals surface area (Å²) in [6.07, 6.45) is 0. The lowest BCUT2D eigenvalue weighted by molar-refractivity contribution is -0.0512. The topological polar surface area (TPSA) is 64.6 Å². The normalized spacial score (nSPS) is 11.7. The monoisotopic (exact) mass is 489 g/mol. The number of alkyl halides is 2. The van der Waals surface area contributed by atoms with Gasteiger partial charge in [-0.1, -0.05) is 45.2 Å². The minimum absolute atomic E-state index is 0.0432. The van der Waals surface area contributed by atoms with Crippen LogP contribution in [0.3, 0.4) is 0 Å². The van der Waals surface area contributed by atoms with E-state index in [0.29, 0.717) is 10.0 Å². The first kappa shape index (κ1) is 21.2. The molecule has 0 saturated carbocycles. The van der Waals surface area contributed by atoms with Crippen LogP contribution in [0.25, 0.3) is 0 Å². The summed E-state index contributed by atoms with van der Waals surface area (Å²) in [5, 5.41) is -0.0923. The maximum atomic E-state index is 12.5. The van der Waals surface area contributed by atoms with E-state index in [2.05, 4.69) is 25.4 Å². The van der Waals surface area contributed by atoms with Gasteiger partial charge < -0.3 is 9.47 Å². The number of hydrogen-bond acceptors (Lipinski definition) is 4. The number of halogens is 5. The van der Waals surface area contributed by atoms with Crippen LogP contribution >= 0.6 is 39.1 Å². The van der Waals surface area contributed by atoms with Crippen molar-refractivity contribution in [2.45, 2.75) is 18.1 Å². The Balaban J connectivity index is 2.23. The summed E-state index contributed by atoms with van der Waals surface area (Å²) in [4.78, 5) is -0.256. The van der Waals surface area contributed by atoms with E-state index >= 15 is 0 Å². The van der Waals surface area contributed by atoms with Crippen molar-refractivity contribution >= 4 is 49.2 Å². The Kier molecular flexibility index (Phi) is 7.09. The van der Waals surface area contributed by atoms with Crippen molar-refractivity contribution in [1.29, 1.82) is 0 Å². The summed E-state index contributed by atoms with van der Waals surface area (Å²) in [7, 11) is -2.73. The molecule has 0 bridgehead atoms. The molecule has 0 aromatic heterocycles. The second-order valence-electron chi connectivity index (χ2n) is 4.89. The highest BCUT2D eigenvalue weighted by molar-refractivity contribution is 9.10. The van der Waals surface area contributed by atoms with Gasteiger partial charge in [0.2, 0.25) is 10.0 Å². The number of ether oxygens (including phenoxy) is 2. The highest BCUT2D eigenvalue weighted by Gasteiger charge is 2.22. The molecule has 26 heavy (non-hydrogen) atoms. The van der Waals surface area contributed by atoms with E-state index < -0.39 is 16.6 Å². The van der Waals surface area contributed by atoms with E-state index in [1.807, 2.05) is 0 Å². The molecule has 142 valence electrons. The quantitative estimate of drug-likeness (QED) is 0.602. The van der Waals surface area contributed by atoms with Gasteiger partial charge in [0.25, 0.3) is 0 Å². The molecule has 0 aliphatic rings. The van der Waals surface area contributed by atoms with E-state index in [4.69, 9.17) is 27.9 Å². The third kappa shape index (κ3) is 5.20. The van der Waals surface area contributed by atoms with E-state index in [0.717, 1.165) is 0 Å². The minimum atomic E-state index is -4.01. The molecule has 0 fully saturated rings. The van der Waals surface area contributed by atoms with E-state index in [1.165, 1.54) is 37.4 Å². The average Bonchev–Trinajstić information content (AvgIpc) is 2.52. The van der Waals surface area contributed by atoms with Gasteiger partial charge in [-0.2, -0.15) is 8.78 Å². The molecule has 0 amide bonds. The van der Waals surface area contributed by atoms with Gasteiger partial charge in [0.05, 0.1) is 17.2 Å². The first-order chi connectivity index (χ1) is 12.1. The fraction of sp³-hybridized carbons (Fsp3) is 0.200. The molecule has 0 atom stereocenters. The van der Waals surface area contributed by atoms with Gasteiger partial charge in [0, 0.05) is 11.0 Å². The molecular formula is C15H12BrCl2F2NO4S. The lowest BCUT2D eigenvalue weighted by Gasteiger charge is -2.13. The van der Waals surface area contributed by atoms with Gasteiger partial charge in [0.1, 0.15) is 4.90 Å². The number of methoxy groups -OCH3 is 1. The van der Waals surface area contributed by atoms with Gasteiger partial charge in [-0.05, 0) is 29.8 Å². The van der Waals surface area contributed by atoms with Gasteiger partial charge in [0.15, 0.2) is 11.5 Å². The average molecular weight is 491 g/mol. The van der Waals surface area contributed by atoms with Crippen LogP contribution in [0, 0.1) is 0 Å². The molecule has 0 unspecified atom stereocenters. The molecule has 0 radical (unpaired) electrons. The maximum Gasteiger partial charge on any atom is 0.387 e. The Morgan fingerprint density at radius 1 is 1.15 bits per heavy atom. The zero-order valence-corrected chi connectivity index (χ0v) is 17.0. The summed E-state index contributed by atoms with van der Waals surface area (Å²) in [6, 6.07) is 6.87. The standard InChI is InChI=1S/C15H12BrCl2F2NO4S/c1-24-13-4-8(2-3-12(13)25-15(19)20)7-21-26(22,23)14-10(17)5-9(16)6-11(14)18/h2-6,15,21H,7H2,1H3. The highest BCUT2D eigenvalue weighted by atomic mass is 79.9. The summed E-state index contributed by atoms with van der Waals surface area (Å²) in [5.41, 5.74) is 0.455. The SMILES string of the molecule is COc1cc(CNS(=O)(=O)c2c(Cl)cc(Br)cc2Cl)ccc1OC(F)F. The molecule has 0 aliphatic heterocycles. The molecular weight excluding hydrogens is 479 g/mol. The Morgan fingerprint density at radius 2 is 1.77 bits per heavy atom. The largest absolute Gasteiger partial charge is 0.493 e. The second-order valence-corrected chi connectivity index (χ2v) is 8.32. The fourth-order valence-electron chi connectivity index (χ4n) is 2.05. The Bertz CT molecular complexity index is 890. The number of hydrogen-bond donors (Lipinski definition) is 1. The van der Waals surface area contributed by atoms with E-state index in [-0.39, 0.29) is 33.0 Å². The van der Waals surface area contributed by atoms with Crippen molar-refractivity contribution in [3.8, 4) is 11.5 Å². The molecule has 5 nitrogen and oxygen atoms in total. The van der Waals surface area contributed by atoms with Crippen LogP contribution in [-0.2, 0) is 16.6 Å². The number of sulfonamides is 1. The van der Waals surface area contributed by atoms with E-state index in [9.17, 15) is 17.2 Å². The third-order valence-electron chi connectivity index (χ3n) is 3.14. The summed E-state index contributed by atoms with van der Waals surface area (Å²) in [6.45, 7) is -3.15. The van der Waals surface area contributed by atoms with Crippen LogP contribution < -0.4 is 14.2 Å². The van der Waals surface area contributed by atoms with E-state index in [1.54, 1.807) is 0 Å². The third-order valence-corrected chi connectivity index (χ3v) is 5.92. The lowest BCUT2D eigenvalue weighted by atomic mass is 10.2. The smallest absolute Gasteiger partial charge is 0.387 e. The highest BCUT2D eigenvalue weighted by Crippen LogP contribution is 2.33. The minimum Gasteiger partial charge on any atom is -0.493 e. The predicted molar refractivity (Wildman–Crippen MR) is 97.8 cm³/mol. The van der Waals surface area contributed by atoms with Crippen molar-refractivity contribution in [1.82, 2.24) is 4.72 Å². The van der Waals surface area contributed by atoms with Crippen molar-refractivity contribution in [2.24, 2.45) is 0 Å². The molecule has 0 spiro atoms. The molecule has 2 rings (SSSR count). The van der Waals surface area contributed by atoms with Crippen LogP contribution in [0.4, 0.5) is 8.78 Å². The van der Waals surface area contributed by atoms with Crippen molar-refractivity contribution < 1.29 is 26.7 Å². The summed E-state index contributed by atoms with van der Waals surface area (Å²) >= 11 is 15.1. The van der Waals surface area contributed by atoms with Gasteiger partial charge >= 0.3 is 6.61 Å². The lowest BCUT2D eigenvalue weighted by Crippen LogP contribution is -2.24.